The Morgan fingerprint density at radius 2 is 1.83 bits per heavy atom. The van der Waals surface area contributed by atoms with Gasteiger partial charge in [-0.25, -0.2) is 4.79 Å². The van der Waals surface area contributed by atoms with Gasteiger partial charge in [-0.15, -0.1) is 0 Å². The third-order valence-electron chi connectivity index (χ3n) is 2.65. The Morgan fingerprint density at radius 1 is 1.22 bits per heavy atom. The summed E-state index contributed by atoms with van der Waals surface area (Å²) in [6.07, 6.45) is 0. The molecule has 4 nitrogen and oxygen atoms in total. The highest BCUT2D eigenvalue weighted by molar-refractivity contribution is 6.31. The molecule has 0 radical (unpaired) electrons. The second-order valence-electron chi connectivity index (χ2n) is 3.97. The number of halogens is 1. The molecule has 0 unspecified atom stereocenters. The van der Waals surface area contributed by atoms with Crippen LogP contribution < -0.4 is 5.32 Å². The van der Waals surface area contributed by atoms with Crippen LogP contribution >= 0.6 is 11.6 Å². The van der Waals surface area contributed by atoms with Gasteiger partial charge in [0, 0.05) is 21.9 Å². The SMILES string of the molecule is C/C(C(=O)O)=C(\C)C(=O)Nc1ccc(C)c(Cl)c1. The van der Waals surface area contributed by atoms with E-state index in [-0.39, 0.29) is 11.1 Å². The fourth-order valence-electron chi connectivity index (χ4n) is 1.23. The summed E-state index contributed by atoms with van der Waals surface area (Å²) in [5.41, 5.74) is 1.63. The van der Waals surface area contributed by atoms with Gasteiger partial charge in [0.05, 0.1) is 0 Å². The van der Waals surface area contributed by atoms with Crippen LogP contribution in [0.25, 0.3) is 0 Å². The van der Waals surface area contributed by atoms with Crippen molar-refractivity contribution in [3.05, 3.63) is 39.9 Å². The van der Waals surface area contributed by atoms with Crippen LogP contribution in [0.15, 0.2) is 29.3 Å². The van der Waals surface area contributed by atoms with Gasteiger partial charge in [-0.3, -0.25) is 4.79 Å². The van der Waals surface area contributed by atoms with Gasteiger partial charge < -0.3 is 10.4 Å². The van der Waals surface area contributed by atoms with Crippen molar-refractivity contribution < 1.29 is 14.7 Å². The summed E-state index contributed by atoms with van der Waals surface area (Å²) in [5.74, 6) is -1.56. The van der Waals surface area contributed by atoms with Crippen molar-refractivity contribution in [1.29, 1.82) is 0 Å². The Labute approximate surface area is 110 Å². The molecule has 0 bridgehead atoms. The van der Waals surface area contributed by atoms with Gasteiger partial charge in [-0.1, -0.05) is 17.7 Å². The lowest BCUT2D eigenvalue weighted by molar-refractivity contribution is -0.133. The number of benzene rings is 1. The first-order valence-corrected chi connectivity index (χ1v) is 5.69. The molecular formula is C13H14ClNO3. The van der Waals surface area contributed by atoms with Gasteiger partial charge in [0.15, 0.2) is 0 Å². The minimum Gasteiger partial charge on any atom is -0.478 e. The Bertz CT molecular complexity index is 535. The Hall–Kier alpha value is -1.81. The lowest BCUT2D eigenvalue weighted by atomic mass is 10.1. The fourth-order valence-corrected chi connectivity index (χ4v) is 1.41. The Morgan fingerprint density at radius 3 is 2.33 bits per heavy atom. The average Bonchev–Trinajstić information content (AvgIpc) is 2.31. The molecule has 0 aliphatic carbocycles. The summed E-state index contributed by atoms with van der Waals surface area (Å²) >= 11 is 5.93. The van der Waals surface area contributed by atoms with Crippen molar-refractivity contribution in [3.63, 3.8) is 0 Å². The largest absolute Gasteiger partial charge is 0.478 e. The van der Waals surface area contributed by atoms with Crippen molar-refractivity contribution in [2.75, 3.05) is 5.32 Å². The Kier molecular flexibility index (Phi) is 4.50. The molecule has 5 heteroatoms. The number of amides is 1. The van der Waals surface area contributed by atoms with Crippen LogP contribution in [0.1, 0.15) is 19.4 Å². The first kappa shape index (κ1) is 14.3. The summed E-state index contributed by atoms with van der Waals surface area (Å²) in [5, 5.41) is 11.9. The highest BCUT2D eigenvalue weighted by atomic mass is 35.5. The van der Waals surface area contributed by atoms with Gasteiger partial charge in [-0.2, -0.15) is 0 Å². The molecule has 1 rings (SSSR count). The highest BCUT2D eigenvalue weighted by Gasteiger charge is 2.12. The third-order valence-corrected chi connectivity index (χ3v) is 3.06. The molecule has 1 aromatic carbocycles. The number of hydrogen-bond donors (Lipinski definition) is 2. The second-order valence-corrected chi connectivity index (χ2v) is 4.38. The van der Waals surface area contributed by atoms with Crippen molar-refractivity contribution in [2.45, 2.75) is 20.8 Å². The lowest BCUT2D eigenvalue weighted by Gasteiger charge is -2.08. The maximum Gasteiger partial charge on any atom is 0.331 e. The molecule has 0 aliphatic heterocycles. The lowest BCUT2D eigenvalue weighted by Crippen LogP contribution is -2.16. The van der Waals surface area contributed by atoms with Gasteiger partial charge in [0.1, 0.15) is 0 Å². The van der Waals surface area contributed by atoms with Crippen LogP contribution in [0, 0.1) is 6.92 Å². The topological polar surface area (TPSA) is 66.4 Å². The molecule has 2 N–H and O–H groups in total. The molecule has 1 amide bonds. The number of carbonyl (C=O) groups excluding carboxylic acids is 1. The quantitative estimate of drug-likeness (QED) is 0.828. The number of carbonyl (C=O) groups is 2. The molecule has 0 aliphatic rings. The van der Waals surface area contributed by atoms with Crippen LogP contribution in [-0.4, -0.2) is 17.0 Å². The van der Waals surface area contributed by atoms with E-state index >= 15 is 0 Å². The standard InChI is InChI=1S/C13H14ClNO3/c1-7-4-5-10(6-11(7)14)15-12(16)8(2)9(3)13(17)18/h4-6H,1-3H3,(H,15,16)(H,17,18)/b9-8-. The number of rotatable bonds is 3. The number of nitrogens with one attached hydrogen (secondary N) is 1. The summed E-state index contributed by atoms with van der Waals surface area (Å²) in [4.78, 5) is 22.5. The summed E-state index contributed by atoms with van der Waals surface area (Å²) in [6, 6.07) is 5.11. The number of carboxylic acids is 1. The molecule has 18 heavy (non-hydrogen) atoms. The monoisotopic (exact) mass is 267 g/mol. The maximum absolute atomic E-state index is 11.8. The minimum atomic E-state index is -1.11. The second kappa shape index (κ2) is 5.69. The zero-order valence-electron chi connectivity index (χ0n) is 10.4. The normalized spacial score (nSPS) is 11.8. The summed E-state index contributed by atoms with van der Waals surface area (Å²) in [7, 11) is 0. The fraction of sp³-hybridized carbons (Fsp3) is 0.231. The highest BCUT2D eigenvalue weighted by Crippen LogP contribution is 2.20. The molecule has 0 heterocycles. The van der Waals surface area contributed by atoms with E-state index in [1.54, 1.807) is 18.2 Å². The van der Waals surface area contributed by atoms with Crippen LogP contribution in [0.4, 0.5) is 5.69 Å². The molecule has 0 atom stereocenters. The van der Waals surface area contributed by atoms with E-state index in [0.717, 1.165) is 5.56 Å². The Balaban J connectivity index is 2.92. The van der Waals surface area contributed by atoms with E-state index in [4.69, 9.17) is 16.7 Å². The molecule has 0 aromatic heterocycles. The predicted molar refractivity (Wildman–Crippen MR) is 70.8 cm³/mol. The van der Waals surface area contributed by atoms with Crippen molar-refractivity contribution >= 4 is 29.2 Å². The number of aliphatic carboxylic acids is 1. The van der Waals surface area contributed by atoms with E-state index in [1.165, 1.54) is 13.8 Å². The molecule has 0 saturated heterocycles. The van der Waals surface area contributed by atoms with E-state index < -0.39 is 11.9 Å². The van der Waals surface area contributed by atoms with Crippen LogP contribution in [-0.2, 0) is 9.59 Å². The van der Waals surface area contributed by atoms with Gasteiger partial charge in [-0.05, 0) is 38.5 Å². The zero-order chi connectivity index (χ0) is 13.9. The van der Waals surface area contributed by atoms with Crippen molar-refractivity contribution in [1.82, 2.24) is 0 Å². The van der Waals surface area contributed by atoms with E-state index in [1.807, 2.05) is 6.92 Å². The van der Waals surface area contributed by atoms with Crippen LogP contribution in [0.3, 0.4) is 0 Å². The molecule has 0 spiro atoms. The zero-order valence-corrected chi connectivity index (χ0v) is 11.1. The first-order valence-electron chi connectivity index (χ1n) is 5.31. The van der Waals surface area contributed by atoms with Gasteiger partial charge >= 0.3 is 5.97 Å². The first-order chi connectivity index (χ1) is 8.32. The van der Waals surface area contributed by atoms with Crippen LogP contribution in [0.5, 0.6) is 0 Å². The van der Waals surface area contributed by atoms with Gasteiger partial charge in [0.2, 0.25) is 0 Å². The van der Waals surface area contributed by atoms with Crippen molar-refractivity contribution in [2.24, 2.45) is 0 Å². The smallest absolute Gasteiger partial charge is 0.331 e. The number of anilines is 1. The van der Waals surface area contributed by atoms with E-state index in [0.29, 0.717) is 10.7 Å². The minimum absolute atomic E-state index is 0.0192. The van der Waals surface area contributed by atoms with E-state index in [2.05, 4.69) is 5.32 Å². The number of carboxylic acid groups (broad SMARTS) is 1. The van der Waals surface area contributed by atoms with Gasteiger partial charge in [0.25, 0.3) is 5.91 Å². The summed E-state index contributed by atoms with van der Waals surface area (Å²) in [6.45, 7) is 4.71. The maximum atomic E-state index is 11.8. The average molecular weight is 268 g/mol. The number of aryl methyl sites for hydroxylation is 1. The van der Waals surface area contributed by atoms with Crippen molar-refractivity contribution in [3.8, 4) is 0 Å². The molecule has 96 valence electrons. The third kappa shape index (κ3) is 3.34. The molecule has 0 saturated carbocycles. The predicted octanol–water partition coefficient (Wildman–Crippen LogP) is 3.01. The molecule has 0 fully saturated rings. The van der Waals surface area contributed by atoms with E-state index in [9.17, 15) is 9.59 Å². The number of hydrogen-bond acceptors (Lipinski definition) is 2. The van der Waals surface area contributed by atoms with Crippen LogP contribution in [0.2, 0.25) is 5.02 Å². The molecule has 1 aromatic rings. The summed E-state index contributed by atoms with van der Waals surface area (Å²) < 4.78 is 0. The molecular weight excluding hydrogens is 254 g/mol.